The first-order chi connectivity index (χ1) is 16.2. The molecule has 11 heteroatoms. The Morgan fingerprint density at radius 1 is 0.971 bits per heavy atom. The van der Waals surface area contributed by atoms with Gasteiger partial charge in [-0.3, -0.25) is 19.8 Å². The monoisotopic (exact) mass is 471 g/mol. The van der Waals surface area contributed by atoms with Crippen LogP contribution in [0.15, 0.2) is 42.5 Å². The zero-order valence-electron chi connectivity index (χ0n) is 19.0. The smallest absolute Gasteiger partial charge is 0.330 e. The van der Waals surface area contributed by atoms with E-state index >= 15 is 0 Å². The van der Waals surface area contributed by atoms with E-state index in [0.29, 0.717) is 18.5 Å². The summed E-state index contributed by atoms with van der Waals surface area (Å²) in [4.78, 5) is 59.0. The topological polar surface area (TPSA) is 169 Å². The predicted molar refractivity (Wildman–Crippen MR) is 124 cm³/mol. The van der Waals surface area contributed by atoms with Gasteiger partial charge in [-0.2, -0.15) is 0 Å². The number of primary amides is 1. The Morgan fingerprint density at radius 3 is 2.35 bits per heavy atom. The molecule has 6 N–H and O–H groups in total. The number of rotatable bonds is 11. The van der Waals surface area contributed by atoms with Gasteiger partial charge in [0.1, 0.15) is 18.1 Å². The second-order valence-electron chi connectivity index (χ2n) is 8.01. The van der Waals surface area contributed by atoms with Crippen molar-refractivity contribution in [2.45, 2.75) is 38.8 Å². The highest BCUT2D eigenvalue weighted by atomic mass is 16.5. The molecular weight excluding hydrogens is 442 g/mol. The van der Waals surface area contributed by atoms with Gasteiger partial charge in [-0.15, -0.1) is 0 Å². The van der Waals surface area contributed by atoms with Crippen LogP contribution in [0.2, 0.25) is 0 Å². The third-order valence-electron chi connectivity index (χ3n) is 4.69. The van der Waals surface area contributed by atoms with Crippen LogP contribution in [-0.2, 0) is 19.2 Å². The largest absolute Gasteiger partial charge is 0.483 e. The molecule has 11 nitrogen and oxygen atoms in total. The van der Waals surface area contributed by atoms with E-state index in [4.69, 9.17) is 10.5 Å². The Kier molecular flexibility index (Phi) is 9.81. The highest BCUT2D eigenvalue weighted by Crippen LogP contribution is 2.24. The van der Waals surface area contributed by atoms with E-state index in [1.807, 2.05) is 61.1 Å². The van der Waals surface area contributed by atoms with Crippen LogP contribution in [0.3, 0.4) is 0 Å². The lowest BCUT2D eigenvalue weighted by Crippen LogP contribution is -2.53. The molecule has 0 aliphatic heterocycles. The number of carbonyl (C=O) groups excluding carboxylic acids is 5. The third kappa shape index (κ3) is 8.41. The van der Waals surface area contributed by atoms with Gasteiger partial charge in [-0.1, -0.05) is 50.2 Å². The Balaban J connectivity index is 1.97. The summed E-state index contributed by atoms with van der Waals surface area (Å²) in [5, 5.41) is 6.87. The molecule has 0 radical (unpaired) electrons. The van der Waals surface area contributed by atoms with Gasteiger partial charge in [0.25, 0.3) is 5.91 Å². The molecule has 5 amide bonds. The Labute approximate surface area is 196 Å². The first-order valence-corrected chi connectivity index (χ1v) is 10.7. The summed E-state index contributed by atoms with van der Waals surface area (Å²) < 4.78 is 5.67. The van der Waals surface area contributed by atoms with Crippen molar-refractivity contribution in [2.75, 3.05) is 6.61 Å². The lowest BCUT2D eigenvalue weighted by atomic mass is 10.0. The average molecular weight is 472 g/mol. The van der Waals surface area contributed by atoms with E-state index < -0.39 is 42.3 Å². The summed E-state index contributed by atoms with van der Waals surface area (Å²) in [6.45, 7) is 3.44. The molecule has 2 atom stereocenters. The Hall–Kier alpha value is -4.15. The van der Waals surface area contributed by atoms with Gasteiger partial charge >= 0.3 is 6.03 Å². The Bertz CT molecular complexity index is 1040. The maximum atomic E-state index is 12.7. The number of benzene rings is 2. The fourth-order valence-electron chi connectivity index (χ4n) is 3.20. The molecule has 0 fully saturated rings. The number of hydrazine groups is 1. The molecule has 0 bridgehead atoms. The summed E-state index contributed by atoms with van der Waals surface area (Å²) in [5.74, 6) is -1.29. The number of urea groups is 1. The van der Waals surface area contributed by atoms with E-state index in [9.17, 15) is 24.0 Å². The standard InChI is InChI=1S/C23H29N5O6/c1-14(2)10-18(22(32)25-16(12-29)11-20(30)27-28-23(24)33)26-21(31)13-34-19-9-5-7-15-6-3-4-8-17(15)19/h3-9,12,14,16,18H,10-11,13H2,1-2H3,(H,25,32)(H,26,31)(H,27,30)(H3,24,28,33)/t16-,18-/m0/s1. The van der Waals surface area contributed by atoms with E-state index in [2.05, 4.69) is 10.6 Å². The van der Waals surface area contributed by atoms with Crippen LogP contribution in [0.1, 0.15) is 26.7 Å². The second-order valence-corrected chi connectivity index (χ2v) is 8.01. The molecule has 2 aromatic rings. The van der Waals surface area contributed by atoms with Gasteiger partial charge in [0.2, 0.25) is 11.8 Å². The summed E-state index contributed by atoms with van der Waals surface area (Å²) in [7, 11) is 0. The zero-order valence-corrected chi connectivity index (χ0v) is 19.0. The lowest BCUT2D eigenvalue weighted by Gasteiger charge is -2.22. The van der Waals surface area contributed by atoms with Crippen LogP contribution in [0.4, 0.5) is 4.79 Å². The van der Waals surface area contributed by atoms with Gasteiger partial charge in [0, 0.05) is 5.39 Å². The first kappa shape index (κ1) is 26.1. The minimum Gasteiger partial charge on any atom is -0.483 e. The summed E-state index contributed by atoms with van der Waals surface area (Å²) >= 11 is 0. The molecule has 0 spiro atoms. The Morgan fingerprint density at radius 2 is 1.68 bits per heavy atom. The number of aldehydes is 1. The number of nitrogens with two attached hydrogens (primary N) is 1. The number of carbonyl (C=O) groups is 5. The van der Waals surface area contributed by atoms with Crippen LogP contribution in [0.5, 0.6) is 5.75 Å². The number of amides is 5. The molecule has 2 aromatic carbocycles. The highest BCUT2D eigenvalue weighted by molar-refractivity contribution is 5.92. The van der Waals surface area contributed by atoms with Gasteiger partial charge in [0.05, 0.1) is 12.5 Å². The minimum absolute atomic E-state index is 0.0489. The van der Waals surface area contributed by atoms with E-state index in [0.717, 1.165) is 10.8 Å². The maximum absolute atomic E-state index is 12.7. The van der Waals surface area contributed by atoms with Crippen LogP contribution in [0.25, 0.3) is 10.8 Å². The maximum Gasteiger partial charge on any atom is 0.330 e. The molecule has 0 saturated carbocycles. The quantitative estimate of drug-likeness (QED) is 0.236. The van der Waals surface area contributed by atoms with Crippen molar-refractivity contribution in [1.29, 1.82) is 0 Å². The molecular formula is C23H29N5O6. The number of hydrogen-bond donors (Lipinski definition) is 5. The molecule has 34 heavy (non-hydrogen) atoms. The van der Waals surface area contributed by atoms with Gasteiger partial charge < -0.3 is 25.9 Å². The van der Waals surface area contributed by atoms with Gasteiger partial charge in [-0.05, 0) is 23.8 Å². The normalized spacial score (nSPS) is 12.3. The molecule has 0 saturated heterocycles. The molecule has 2 rings (SSSR count). The molecule has 0 unspecified atom stereocenters. The first-order valence-electron chi connectivity index (χ1n) is 10.7. The van der Waals surface area contributed by atoms with Crippen molar-refractivity contribution in [3.05, 3.63) is 42.5 Å². The molecule has 0 aliphatic rings. The fourth-order valence-corrected chi connectivity index (χ4v) is 3.20. The van der Waals surface area contributed by atoms with Crippen molar-refractivity contribution < 1.29 is 28.7 Å². The van der Waals surface area contributed by atoms with Gasteiger partial charge in [0.15, 0.2) is 6.61 Å². The molecule has 0 heterocycles. The number of fused-ring (bicyclic) bond motifs is 1. The lowest BCUT2D eigenvalue weighted by molar-refractivity contribution is -0.132. The van der Waals surface area contributed by atoms with Crippen molar-refractivity contribution >= 4 is 40.8 Å². The number of nitrogens with one attached hydrogen (secondary N) is 4. The van der Waals surface area contributed by atoms with Crippen LogP contribution in [-0.4, -0.2) is 48.7 Å². The van der Waals surface area contributed by atoms with Crippen molar-refractivity contribution in [2.24, 2.45) is 11.7 Å². The summed E-state index contributed by atoms with van der Waals surface area (Å²) in [6, 6.07) is 9.98. The highest BCUT2D eigenvalue weighted by Gasteiger charge is 2.25. The average Bonchev–Trinajstić information content (AvgIpc) is 2.80. The van der Waals surface area contributed by atoms with Crippen molar-refractivity contribution in [3.8, 4) is 5.75 Å². The molecule has 0 aliphatic carbocycles. The van der Waals surface area contributed by atoms with E-state index in [1.54, 1.807) is 6.07 Å². The summed E-state index contributed by atoms with van der Waals surface area (Å²) in [6.07, 6.45) is 0.258. The fraction of sp³-hybridized carbons (Fsp3) is 0.348. The van der Waals surface area contributed by atoms with Crippen LogP contribution < -0.4 is 32.0 Å². The minimum atomic E-state index is -1.17. The summed E-state index contributed by atoms with van der Waals surface area (Å²) in [5.41, 5.74) is 8.73. The van der Waals surface area contributed by atoms with Crippen molar-refractivity contribution in [3.63, 3.8) is 0 Å². The zero-order chi connectivity index (χ0) is 25.1. The SMILES string of the molecule is CC(C)C[C@H](NC(=O)COc1cccc2ccccc12)C(=O)N[C@H](C=O)CC(=O)NNC(N)=O. The van der Waals surface area contributed by atoms with E-state index in [1.165, 1.54) is 0 Å². The van der Waals surface area contributed by atoms with Crippen molar-refractivity contribution in [1.82, 2.24) is 21.5 Å². The van der Waals surface area contributed by atoms with Gasteiger partial charge in [-0.25, -0.2) is 10.2 Å². The van der Waals surface area contributed by atoms with Crippen LogP contribution >= 0.6 is 0 Å². The van der Waals surface area contributed by atoms with Crippen LogP contribution in [0, 0.1) is 5.92 Å². The number of ether oxygens (including phenoxy) is 1. The molecule has 182 valence electrons. The molecule has 0 aromatic heterocycles. The third-order valence-corrected chi connectivity index (χ3v) is 4.69. The second kappa shape index (κ2) is 12.8. The number of hydrogen-bond acceptors (Lipinski definition) is 6. The van der Waals surface area contributed by atoms with E-state index in [-0.39, 0.29) is 12.5 Å². The predicted octanol–water partition coefficient (Wildman–Crippen LogP) is 0.523.